The minimum atomic E-state index is -0.715. The number of carboxylic acid groups (broad SMARTS) is 1. The summed E-state index contributed by atoms with van der Waals surface area (Å²) in [6.45, 7) is 4.52. The van der Waals surface area contributed by atoms with E-state index in [0.717, 1.165) is 53.7 Å². The molecule has 0 unspecified atom stereocenters. The average Bonchev–Trinajstić information content (AvgIpc) is 3.06. The van der Waals surface area contributed by atoms with Gasteiger partial charge in [-0.2, -0.15) is 0 Å². The number of hydrogen-bond acceptors (Lipinski definition) is 2. The van der Waals surface area contributed by atoms with E-state index in [-0.39, 0.29) is 0 Å². The van der Waals surface area contributed by atoms with Crippen molar-refractivity contribution in [2.45, 2.75) is 51.6 Å². The Bertz CT molecular complexity index is 705. The number of carboxylic acids is 1. The smallest absolute Gasteiger partial charge is 0.314 e. The number of aryl methyl sites for hydroxylation is 2. The molecular weight excluding hydrogens is 300 g/mol. The van der Waals surface area contributed by atoms with Crippen molar-refractivity contribution >= 4 is 5.97 Å². The summed E-state index contributed by atoms with van der Waals surface area (Å²) in [7, 11) is 0. The lowest BCUT2D eigenvalue weighted by Crippen LogP contribution is -2.32. The van der Waals surface area contributed by atoms with Gasteiger partial charge in [-0.3, -0.25) is 4.79 Å². The van der Waals surface area contributed by atoms with E-state index in [1.165, 1.54) is 0 Å². The molecule has 0 radical (unpaired) electrons. The molecule has 0 saturated heterocycles. The predicted molar refractivity (Wildman–Crippen MR) is 94.5 cm³/mol. The second-order valence-electron chi connectivity index (χ2n) is 6.81. The molecule has 1 aliphatic carbocycles. The van der Waals surface area contributed by atoms with E-state index in [2.05, 4.69) is 0 Å². The van der Waals surface area contributed by atoms with E-state index in [0.29, 0.717) is 6.61 Å². The summed E-state index contributed by atoms with van der Waals surface area (Å²) in [4.78, 5) is 11.9. The van der Waals surface area contributed by atoms with E-state index in [1.807, 2.05) is 56.3 Å². The van der Waals surface area contributed by atoms with Crippen molar-refractivity contribution in [2.24, 2.45) is 0 Å². The first-order chi connectivity index (χ1) is 11.5. The highest BCUT2D eigenvalue weighted by Gasteiger charge is 2.43. The maximum Gasteiger partial charge on any atom is 0.314 e. The van der Waals surface area contributed by atoms with Crippen LogP contribution in [0.4, 0.5) is 0 Å². The molecule has 0 amide bonds. The van der Waals surface area contributed by atoms with Crippen molar-refractivity contribution in [3.8, 4) is 5.75 Å². The van der Waals surface area contributed by atoms with Gasteiger partial charge in [-0.05, 0) is 48.9 Å². The monoisotopic (exact) mass is 324 g/mol. The molecule has 1 fully saturated rings. The molecule has 0 aromatic heterocycles. The van der Waals surface area contributed by atoms with Gasteiger partial charge in [-0.25, -0.2) is 0 Å². The fourth-order valence-corrected chi connectivity index (χ4v) is 3.79. The summed E-state index contributed by atoms with van der Waals surface area (Å²) < 4.78 is 6.02. The topological polar surface area (TPSA) is 46.5 Å². The van der Waals surface area contributed by atoms with Crippen LogP contribution in [0.1, 0.15) is 47.9 Å². The molecule has 0 spiro atoms. The molecule has 0 heterocycles. The molecule has 1 N–H and O–H groups in total. The Labute approximate surface area is 143 Å². The summed E-state index contributed by atoms with van der Waals surface area (Å²) in [5, 5.41) is 9.79. The Morgan fingerprint density at radius 2 is 1.67 bits per heavy atom. The highest BCUT2D eigenvalue weighted by atomic mass is 16.5. The number of aliphatic carboxylic acids is 1. The maximum absolute atomic E-state index is 11.9. The van der Waals surface area contributed by atoms with E-state index < -0.39 is 11.4 Å². The SMILES string of the molecule is Cc1cc(C2(C(=O)O)CCCC2)cc(C)c1OCc1ccccc1. The summed E-state index contributed by atoms with van der Waals surface area (Å²) >= 11 is 0. The second kappa shape index (κ2) is 6.68. The molecular formula is C21H24O3. The van der Waals surface area contributed by atoms with E-state index in [1.54, 1.807) is 0 Å². The van der Waals surface area contributed by atoms with Crippen molar-refractivity contribution in [1.82, 2.24) is 0 Å². The molecule has 2 aromatic rings. The molecule has 3 heteroatoms. The second-order valence-corrected chi connectivity index (χ2v) is 6.81. The Balaban J connectivity index is 1.87. The third-order valence-electron chi connectivity index (χ3n) is 5.11. The summed E-state index contributed by atoms with van der Waals surface area (Å²) in [5.74, 6) is 0.165. The molecule has 0 bridgehead atoms. The lowest BCUT2D eigenvalue weighted by atomic mass is 9.78. The quantitative estimate of drug-likeness (QED) is 0.861. The van der Waals surface area contributed by atoms with E-state index >= 15 is 0 Å². The van der Waals surface area contributed by atoms with E-state index in [4.69, 9.17) is 4.74 Å². The Morgan fingerprint density at radius 1 is 1.08 bits per heavy atom. The van der Waals surface area contributed by atoms with Crippen LogP contribution in [0.15, 0.2) is 42.5 Å². The molecule has 0 atom stereocenters. The average molecular weight is 324 g/mol. The van der Waals surface area contributed by atoms with Crippen molar-refractivity contribution < 1.29 is 14.6 Å². The third kappa shape index (κ3) is 3.03. The van der Waals surface area contributed by atoms with Crippen LogP contribution in [0.2, 0.25) is 0 Å². The van der Waals surface area contributed by atoms with Gasteiger partial charge in [0.1, 0.15) is 12.4 Å². The van der Waals surface area contributed by atoms with Crippen LogP contribution in [-0.2, 0) is 16.8 Å². The molecule has 126 valence electrons. The van der Waals surface area contributed by atoms with Gasteiger partial charge in [0.25, 0.3) is 0 Å². The minimum Gasteiger partial charge on any atom is -0.488 e. The first-order valence-electron chi connectivity index (χ1n) is 8.55. The van der Waals surface area contributed by atoms with Crippen LogP contribution >= 0.6 is 0 Å². The summed E-state index contributed by atoms with van der Waals surface area (Å²) in [5.41, 5.74) is 3.35. The van der Waals surface area contributed by atoms with Gasteiger partial charge < -0.3 is 9.84 Å². The molecule has 1 aliphatic rings. The van der Waals surface area contributed by atoms with Gasteiger partial charge in [0.05, 0.1) is 5.41 Å². The normalized spacial score (nSPS) is 16.1. The van der Waals surface area contributed by atoms with Crippen molar-refractivity contribution in [2.75, 3.05) is 0 Å². The van der Waals surface area contributed by atoms with Crippen LogP contribution in [-0.4, -0.2) is 11.1 Å². The Kier molecular flexibility index (Phi) is 4.61. The number of carbonyl (C=O) groups is 1. The third-order valence-corrected chi connectivity index (χ3v) is 5.11. The van der Waals surface area contributed by atoms with Crippen LogP contribution in [0.5, 0.6) is 5.75 Å². The van der Waals surface area contributed by atoms with Crippen molar-refractivity contribution in [1.29, 1.82) is 0 Å². The van der Waals surface area contributed by atoms with E-state index in [9.17, 15) is 9.90 Å². The van der Waals surface area contributed by atoms with Gasteiger partial charge in [-0.15, -0.1) is 0 Å². The first-order valence-corrected chi connectivity index (χ1v) is 8.55. The van der Waals surface area contributed by atoms with Crippen LogP contribution in [0.3, 0.4) is 0 Å². The first kappa shape index (κ1) is 16.6. The molecule has 0 aliphatic heterocycles. The molecule has 24 heavy (non-hydrogen) atoms. The highest BCUT2D eigenvalue weighted by Crippen LogP contribution is 2.43. The predicted octanol–water partition coefficient (Wildman–Crippen LogP) is 4.78. The van der Waals surface area contributed by atoms with Gasteiger partial charge in [0.2, 0.25) is 0 Å². The number of rotatable bonds is 5. The fourth-order valence-electron chi connectivity index (χ4n) is 3.79. The standard InChI is InChI=1S/C21H24O3/c1-15-12-18(21(20(22)23)10-6-7-11-21)13-16(2)19(15)24-14-17-8-4-3-5-9-17/h3-5,8-9,12-13H,6-7,10-11,14H2,1-2H3,(H,22,23). The zero-order valence-corrected chi connectivity index (χ0v) is 14.3. The van der Waals surface area contributed by atoms with Gasteiger partial charge in [0.15, 0.2) is 0 Å². The summed E-state index contributed by atoms with van der Waals surface area (Å²) in [6, 6.07) is 14.1. The van der Waals surface area contributed by atoms with Crippen molar-refractivity contribution in [3.05, 3.63) is 64.7 Å². The summed E-state index contributed by atoms with van der Waals surface area (Å²) in [6.07, 6.45) is 3.42. The lowest BCUT2D eigenvalue weighted by Gasteiger charge is -2.26. The number of ether oxygens (including phenoxy) is 1. The number of hydrogen-bond donors (Lipinski definition) is 1. The fraction of sp³-hybridized carbons (Fsp3) is 0.381. The van der Waals surface area contributed by atoms with Crippen LogP contribution < -0.4 is 4.74 Å². The zero-order chi connectivity index (χ0) is 17.2. The van der Waals surface area contributed by atoms with Gasteiger partial charge in [-0.1, -0.05) is 55.3 Å². The maximum atomic E-state index is 11.9. The van der Waals surface area contributed by atoms with Gasteiger partial charge in [0, 0.05) is 0 Å². The largest absolute Gasteiger partial charge is 0.488 e. The van der Waals surface area contributed by atoms with Crippen LogP contribution in [0.25, 0.3) is 0 Å². The zero-order valence-electron chi connectivity index (χ0n) is 14.3. The molecule has 2 aromatic carbocycles. The lowest BCUT2D eigenvalue weighted by molar-refractivity contribution is -0.143. The van der Waals surface area contributed by atoms with Crippen molar-refractivity contribution in [3.63, 3.8) is 0 Å². The van der Waals surface area contributed by atoms with Gasteiger partial charge >= 0.3 is 5.97 Å². The number of benzene rings is 2. The molecule has 1 saturated carbocycles. The highest BCUT2D eigenvalue weighted by molar-refractivity contribution is 5.82. The molecule has 3 nitrogen and oxygen atoms in total. The Morgan fingerprint density at radius 3 is 2.21 bits per heavy atom. The minimum absolute atomic E-state index is 0.520. The molecule has 3 rings (SSSR count). The van der Waals surface area contributed by atoms with Crippen LogP contribution in [0, 0.1) is 13.8 Å². The Hall–Kier alpha value is -2.29.